The quantitative estimate of drug-likeness (QED) is 0.857. The van der Waals surface area contributed by atoms with E-state index < -0.39 is 11.2 Å². The number of H-pyrrole nitrogens is 1. The lowest BCUT2D eigenvalue weighted by molar-refractivity contribution is -0.124. The average molecular weight is 357 g/mol. The Bertz CT molecular complexity index is 955. The van der Waals surface area contributed by atoms with Crippen LogP contribution in [0.2, 0.25) is 0 Å². The van der Waals surface area contributed by atoms with Crippen molar-refractivity contribution in [1.29, 1.82) is 0 Å². The zero-order valence-corrected chi connectivity index (χ0v) is 14.4. The van der Waals surface area contributed by atoms with Crippen LogP contribution in [0.3, 0.4) is 0 Å². The predicted octanol–water partition coefficient (Wildman–Crippen LogP) is 1.65. The zero-order valence-electron chi connectivity index (χ0n) is 14.4. The van der Waals surface area contributed by atoms with Crippen molar-refractivity contribution in [3.05, 3.63) is 46.0 Å². The van der Waals surface area contributed by atoms with Crippen molar-refractivity contribution in [3.63, 3.8) is 0 Å². The summed E-state index contributed by atoms with van der Waals surface area (Å²) in [6, 6.07) is 4.22. The van der Waals surface area contributed by atoms with Crippen molar-refractivity contribution in [2.45, 2.75) is 25.3 Å². The largest absolute Gasteiger partial charge is 0.358 e. The molecule has 1 aliphatic carbocycles. The van der Waals surface area contributed by atoms with Crippen LogP contribution in [0.1, 0.15) is 29.6 Å². The first-order valence-electron chi connectivity index (χ1n) is 8.79. The number of piperidine rings is 1. The van der Waals surface area contributed by atoms with E-state index in [2.05, 4.69) is 10.3 Å². The number of amides is 2. The maximum Gasteiger partial charge on any atom is 0.259 e. The van der Waals surface area contributed by atoms with Gasteiger partial charge in [-0.2, -0.15) is 0 Å². The molecule has 1 aromatic carbocycles. The van der Waals surface area contributed by atoms with Crippen LogP contribution in [-0.4, -0.2) is 41.3 Å². The fourth-order valence-corrected chi connectivity index (χ4v) is 4.28. The van der Waals surface area contributed by atoms with Gasteiger partial charge in [0.15, 0.2) is 0 Å². The van der Waals surface area contributed by atoms with Gasteiger partial charge in [-0.1, -0.05) is 6.07 Å². The maximum absolute atomic E-state index is 13.8. The lowest BCUT2D eigenvalue weighted by Gasteiger charge is -2.24. The van der Waals surface area contributed by atoms with E-state index in [4.69, 9.17) is 0 Å². The summed E-state index contributed by atoms with van der Waals surface area (Å²) in [7, 11) is 1.69. The number of benzene rings is 1. The summed E-state index contributed by atoms with van der Waals surface area (Å²) in [6.45, 7) is 0.651. The van der Waals surface area contributed by atoms with E-state index in [0.29, 0.717) is 18.9 Å². The van der Waals surface area contributed by atoms with Gasteiger partial charge < -0.3 is 15.2 Å². The number of carbonyl (C=O) groups is 2. The molecule has 4 rings (SSSR count). The van der Waals surface area contributed by atoms with Gasteiger partial charge in [0, 0.05) is 37.6 Å². The molecule has 2 aromatic rings. The third kappa shape index (κ3) is 2.67. The van der Waals surface area contributed by atoms with E-state index in [9.17, 15) is 18.8 Å². The van der Waals surface area contributed by atoms with Crippen LogP contribution >= 0.6 is 0 Å². The van der Waals surface area contributed by atoms with E-state index in [1.165, 1.54) is 24.4 Å². The Labute approximate surface area is 149 Å². The lowest BCUT2D eigenvalue weighted by atomic mass is 9.89. The SMILES string of the molecule is CN(C(=O)c1c[nH]c2c(F)cccc2c1=O)[C@H]1C[C@H]2CNC(=O)C[C@H]2C1. The summed E-state index contributed by atoms with van der Waals surface area (Å²) in [5.41, 5.74) is -0.356. The first-order valence-corrected chi connectivity index (χ1v) is 8.79. The summed E-state index contributed by atoms with van der Waals surface area (Å²) in [4.78, 5) is 41.4. The summed E-state index contributed by atoms with van der Waals surface area (Å²) < 4.78 is 13.8. The second-order valence-corrected chi connectivity index (χ2v) is 7.26. The Morgan fingerprint density at radius 1 is 1.23 bits per heavy atom. The summed E-state index contributed by atoms with van der Waals surface area (Å²) in [6.07, 6.45) is 3.37. The second-order valence-electron chi connectivity index (χ2n) is 7.26. The molecular formula is C19H20FN3O3. The van der Waals surface area contributed by atoms with Crippen molar-refractivity contribution < 1.29 is 14.0 Å². The van der Waals surface area contributed by atoms with E-state index in [-0.39, 0.29) is 40.2 Å². The van der Waals surface area contributed by atoms with Crippen LogP contribution in [0.4, 0.5) is 4.39 Å². The third-order valence-electron chi connectivity index (χ3n) is 5.79. The summed E-state index contributed by atoms with van der Waals surface area (Å²) >= 11 is 0. The highest BCUT2D eigenvalue weighted by Gasteiger charge is 2.41. The van der Waals surface area contributed by atoms with Crippen molar-refractivity contribution in [2.75, 3.05) is 13.6 Å². The van der Waals surface area contributed by atoms with Gasteiger partial charge in [0.05, 0.1) is 5.52 Å². The predicted molar refractivity (Wildman–Crippen MR) is 94.2 cm³/mol. The molecule has 136 valence electrons. The Balaban J connectivity index is 1.60. The monoisotopic (exact) mass is 357 g/mol. The van der Waals surface area contributed by atoms with Crippen LogP contribution in [0.25, 0.3) is 10.9 Å². The fraction of sp³-hybridized carbons (Fsp3) is 0.421. The van der Waals surface area contributed by atoms with Crippen LogP contribution < -0.4 is 10.7 Å². The molecular weight excluding hydrogens is 337 g/mol. The molecule has 1 aliphatic heterocycles. The number of carbonyl (C=O) groups excluding carboxylic acids is 2. The molecule has 1 saturated carbocycles. The van der Waals surface area contributed by atoms with E-state index in [0.717, 1.165) is 12.8 Å². The molecule has 0 spiro atoms. The molecule has 3 atom stereocenters. The number of aromatic nitrogens is 1. The molecule has 0 radical (unpaired) electrons. The highest BCUT2D eigenvalue weighted by Crippen LogP contribution is 2.38. The first kappa shape index (κ1) is 16.8. The number of pyridine rings is 1. The molecule has 2 heterocycles. The van der Waals surface area contributed by atoms with Crippen molar-refractivity contribution in [1.82, 2.24) is 15.2 Å². The zero-order chi connectivity index (χ0) is 18.4. The topological polar surface area (TPSA) is 82.3 Å². The number of aromatic amines is 1. The number of rotatable bonds is 2. The molecule has 26 heavy (non-hydrogen) atoms. The molecule has 2 N–H and O–H groups in total. The lowest BCUT2D eigenvalue weighted by Crippen LogP contribution is -2.38. The molecule has 2 fully saturated rings. The van der Waals surface area contributed by atoms with Crippen LogP contribution in [0, 0.1) is 17.7 Å². The Hall–Kier alpha value is -2.70. The number of halogens is 1. The molecule has 0 unspecified atom stereocenters. The molecule has 2 amide bonds. The van der Waals surface area contributed by atoms with Gasteiger partial charge in [-0.25, -0.2) is 4.39 Å². The van der Waals surface area contributed by atoms with E-state index in [1.807, 2.05) is 0 Å². The Morgan fingerprint density at radius 3 is 2.81 bits per heavy atom. The maximum atomic E-state index is 13.8. The minimum Gasteiger partial charge on any atom is -0.358 e. The Morgan fingerprint density at radius 2 is 2.00 bits per heavy atom. The minimum absolute atomic E-state index is 0.00666. The highest BCUT2D eigenvalue weighted by molar-refractivity contribution is 5.97. The van der Waals surface area contributed by atoms with Gasteiger partial charge in [0.1, 0.15) is 11.4 Å². The smallest absolute Gasteiger partial charge is 0.259 e. The van der Waals surface area contributed by atoms with Gasteiger partial charge in [0.2, 0.25) is 11.3 Å². The first-order chi connectivity index (χ1) is 12.5. The number of hydrogen-bond donors (Lipinski definition) is 2. The Kier molecular flexibility index (Phi) is 4.01. The van der Waals surface area contributed by atoms with Crippen LogP contribution in [0.5, 0.6) is 0 Å². The van der Waals surface area contributed by atoms with E-state index in [1.54, 1.807) is 11.9 Å². The number of nitrogens with one attached hydrogen (secondary N) is 2. The molecule has 7 heteroatoms. The number of para-hydroxylation sites is 1. The third-order valence-corrected chi connectivity index (χ3v) is 5.79. The van der Waals surface area contributed by atoms with Crippen LogP contribution in [-0.2, 0) is 4.79 Å². The normalized spacial score (nSPS) is 25.0. The van der Waals surface area contributed by atoms with Crippen LogP contribution in [0.15, 0.2) is 29.2 Å². The number of hydrogen-bond acceptors (Lipinski definition) is 3. The van der Waals surface area contributed by atoms with Crippen molar-refractivity contribution in [2.24, 2.45) is 11.8 Å². The summed E-state index contributed by atoms with van der Waals surface area (Å²) in [5, 5.41) is 3.04. The fourth-order valence-electron chi connectivity index (χ4n) is 4.28. The standard InChI is InChI=1S/C19H20FN3O3/c1-23(12-5-10-7-16(24)21-8-11(10)6-12)19(26)14-9-22-17-13(18(14)25)3-2-4-15(17)20/h2-4,9-12H,5-8H2,1H3,(H,21,24)(H,22,25)/t10-,11+,12-/m1/s1. The molecule has 1 saturated heterocycles. The van der Waals surface area contributed by atoms with E-state index >= 15 is 0 Å². The van der Waals surface area contributed by atoms with Gasteiger partial charge in [-0.15, -0.1) is 0 Å². The number of nitrogens with zero attached hydrogens (tertiary/aromatic N) is 1. The highest BCUT2D eigenvalue weighted by atomic mass is 19.1. The van der Waals surface area contributed by atoms with Crippen molar-refractivity contribution in [3.8, 4) is 0 Å². The minimum atomic E-state index is -0.524. The molecule has 2 aliphatic rings. The molecule has 0 bridgehead atoms. The average Bonchev–Trinajstić information content (AvgIpc) is 3.04. The number of fused-ring (bicyclic) bond motifs is 2. The summed E-state index contributed by atoms with van der Waals surface area (Å²) in [5.74, 6) is -0.178. The second kappa shape index (κ2) is 6.23. The van der Waals surface area contributed by atoms with Gasteiger partial charge in [-0.3, -0.25) is 14.4 Å². The van der Waals surface area contributed by atoms with Gasteiger partial charge in [0.25, 0.3) is 5.91 Å². The van der Waals surface area contributed by atoms with Crippen molar-refractivity contribution >= 4 is 22.7 Å². The van der Waals surface area contributed by atoms with Gasteiger partial charge in [-0.05, 0) is 36.8 Å². The van der Waals surface area contributed by atoms with Gasteiger partial charge >= 0.3 is 0 Å². The molecule has 1 aromatic heterocycles. The molecule has 6 nitrogen and oxygen atoms in total.